The molecule has 0 saturated carbocycles. The molecule has 2 bridgehead atoms. The van der Waals surface area contributed by atoms with Crippen LogP contribution in [0, 0.1) is 5.92 Å². The molecule has 36 heavy (non-hydrogen) atoms. The standard InChI is InChI=1S/C26H38N4O6/c1-18(2)14-21-26(34)30(12-13-35-3)16-23(31)27-22(25(33)29-10-4-5-11-29)15-19-6-8-20(9-7-19)36-17-24(32)28-21/h6-9,18,21-22H,4-5,10-17H2,1-3H3,(H,27,31)(H,28,32)/t21-,22+/m0/s1. The molecule has 10 heteroatoms. The highest BCUT2D eigenvalue weighted by atomic mass is 16.5. The molecule has 0 radical (unpaired) electrons. The zero-order valence-electron chi connectivity index (χ0n) is 21.5. The van der Waals surface area contributed by atoms with Crippen molar-refractivity contribution in [1.82, 2.24) is 20.4 Å². The lowest BCUT2D eigenvalue weighted by atomic mass is 10.0. The van der Waals surface area contributed by atoms with E-state index in [1.165, 1.54) is 12.0 Å². The first-order valence-corrected chi connectivity index (χ1v) is 12.6. The third-order valence-electron chi connectivity index (χ3n) is 6.34. The van der Waals surface area contributed by atoms with Crippen LogP contribution in [0.15, 0.2) is 24.3 Å². The zero-order chi connectivity index (χ0) is 26.1. The van der Waals surface area contributed by atoms with Gasteiger partial charge in [0.15, 0.2) is 6.61 Å². The van der Waals surface area contributed by atoms with Crippen molar-refractivity contribution in [3.63, 3.8) is 0 Å². The van der Waals surface area contributed by atoms with Crippen molar-refractivity contribution in [1.29, 1.82) is 0 Å². The first-order valence-electron chi connectivity index (χ1n) is 12.6. The lowest BCUT2D eigenvalue weighted by Crippen LogP contribution is -2.55. The molecule has 1 aromatic rings. The van der Waals surface area contributed by atoms with E-state index in [1.807, 2.05) is 26.0 Å². The maximum Gasteiger partial charge on any atom is 0.258 e. The van der Waals surface area contributed by atoms with Crippen molar-refractivity contribution in [2.24, 2.45) is 5.92 Å². The van der Waals surface area contributed by atoms with Crippen molar-refractivity contribution in [3.05, 3.63) is 29.8 Å². The van der Waals surface area contributed by atoms with E-state index in [1.54, 1.807) is 17.0 Å². The molecule has 1 fully saturated rings. The molecular formula is C26H38N4O6. The predicted molar refractivity (Wildman–Crippen MR) is 133 cm³/mol. The summed E-state index contributed by atoms with van der Waals surface area (Å²) in [5, 5.41) is 5.64. The molecule has 4 rings (SSSR count). The third-order valence-corrected chi connectivity index (χ3v) is 6.34. The molecule has 2 N–H and O–H groups in total. The van der Waals surface area contributed by atoms with Gasteiger partial charge in [-0.25, -0.2) is 0 Å². The lowest BCUT2D eigenvalue weighted by Gasteiger charge is -2.30. The number of fused-ring (bicyclic) bond motifs is 13. The molecule has 3 aliphatic rings. The largest absolute Gasteiger partial charge is 0.484 e. The van der Waals surface area contributed by atoms with Gasteiger partial charge in [-0.2, -0.15) is 0 Å². The predicted octanol–water partition coefficient (Wildman–Crippen LogP) is 0.735. The van der Waals surface area contributed by atoms with E-state index in [-0.39, 0.29) is 44.0 Å². The number of hydrogen-bond donors (Lipinski definition) is 2. The van der Waals surface area contributed by atoms with Crippen molar-refractivity contribution < 1.29 is 28.7 Å². The van der Waals surface area contributed by atoms with Crippen LogP contribution in [0.2, 0.25) is 0 Å². The summed E-state index contributed by atoms with van der Waals surface area (Å²) in [5.41, 5.74) is 0.848. The van der Waals surface area contributed by atoms with Gasteiger partial charge in [0.2, 0.25) is 17.7 Å². The average Bonchev–Trinajstić information content (AvgIpc) is 3.38. The average molecular weight is 503 g/mol. The summed E-state index contributed by atoms with van der Waals surface area (Å²) in [6, 6.07) is 5.55. The van der Waals surface area contributed by atoms with Crippen molar-refractivity contribution in [2.45, 2.75) is 51.6 Å². The van der Waals surface area contributed by atoms with Crippen LogP contribution in [0.5, 0.6) is 5.75 Å². The summed E-state index contributed by atoms with van der Waals surface area (Å²) in [5.74, 6) is -0.722. The lowest BCUT2D eigenvalue weighted by molar-refractivity contribution is -0.141. The first kappa shape index (κ1) is 27.4. The highest BCUT2D eigenvalue weighted by Gasteiger charge is 2.31. The number of carbonyl (C=O) groups is 4. The molecule has 3 heterocycles. The Morgan fingerprint density at radius 1 is 1.08 bits per heavy atom. The monoisotopic (exact) mass is 502 g/mol. The van der Waals surface area contributed by atoms with E-state index in [9.17, 15) is 19.2 Å². The number of nitrogens with one attached hydrogen (secondary N) is 2. The zero-order valence-corrected chi connectivity index (χ0v) is 21.5. The SMILES string of the molecule is COCCN1CC(=O)N[C@@H](C(=O)N2CCCC2)Cc2ccc(cc2)OCC(=O)N[C@@H](CC(C)C)C1=O. The molecule has 1 saturated heterocycles. The number of carbonyl (C=O) groups excluding carboxylic acids is 4. The molecule has 0 unspecified atom stereocenters. The maximum absolute atomic E-state index is 13.5. The minimum absolute atomic E-state index is 0.123. The molecule has 0 spiro atoms. The number of methoxy groups -OCH3 is 1. The van der Waals surface area contributed by atoms with E-state index < -0.39 is 23.9 Å². The van der Waals surface area contributed by atoms with Gasteiger partial charge in [0.05, 0.1) is 13.2 Å². The topological polar surface area (TPSA) is 117 Å². The summed E-state index contributed by atoms with van der Waals surface area (Å²) < 4.78 is 10.8. The molecule has 2 atom stereocenters. The Morgan fingerprint density at radius 3 is 2.42 bits per heavy atom. The Hall–Kier alpha value is -3.14. The van der Waals surface area contributed by atoms with Crippen molar-refractivity contribution in [3.8, 4) is 5.75 Å². The second kappa shape index (κ2) is 13.2. The Bertz CT molecular complexity index is 914. The van der Waals surface area contributed by atoms with Crippen LogP contribution in [0.1, 0.15) is 38.7 Å². The summed E-state index contributed by atoms with van der Waals surface area (Å²) >= 11 is 0. The van der Waals surface area contributed by atoms with E-state index in [4.69, 9.17) is 9.47 Å². The molecule has 0 aliphatic carbocycles. The minimum atomic E-state index is -0.817. The number of ether oxygens (including phenoxy) is 2. The fraction of sp³-hybridized carbons (Fsp3) is 0.615. The van der Waals surface area contributed by atoms with Gasteiger partial charge >= 0.3 is 0 Å². The number of benzene rings is 1. The quantitative estimate of drug-likeness (QED) is 0.554. The molecule has 10 nitrogen and oxygen atoms in total. The summed E-state index contributed by atoms with van der Waals surface area (Å²) in [4.78, 5) is 55.6. The Balaban J connectivity index is 1.89. The van der Waals surface area contributed by atoms with Gasteiger partial charge in [0.1, 0.15) is 17.8 Å². The van der Waals surface area contributed by atoms with Gasteiger partial charge in [-0.15, -0.1) is 0 Å². The third kappa shape index (κ3) is 7.94. The highest BCUT2D eigenvalue weighted by Crippen LogP contribution is 2.17. The summed E-state index contributed by atoms with van der Waals surface area (Å²) in [7, 11) is 1.52. The van der Waals surface area contributed by atoms with Gasteiger partial charge in [0, 0.05) is 33.2 Å². The second-order valence-electron chi connectivity index (χ2n) is 9.79. The van der Waals surface area contributed by atoms with Gasteiger partial charge < -0.3 is 29.9 Å². The van der Waals surface area contributed by atoms with E-state index in [2.05, 4.69) is 10.6 Å². The van der Waals surface area contributed by atoms with Crippen LogP contribution < -0.4 is 15.4 Å². The Kier molecular flexibility index (Phi) is 10.1. The van der Waals surface area contributed by atoms with Crippen LogP contribution >= 0.6 is 0 Å². The number of amides is 4. The normalized spacial score (nSPS) is 21.9. The molecule has 0 aromatic heterocycles. The molecular weight excluding hydrogens is 464 g/mol. The van der Waals surface area contributed by atoms with Crippen molar-refractivity contribution >= 4 is 23.6 Å². The Labute approximate surface area is 212 Å². The van der Waals surface area contributed by atoms with E-state index >= 15 is 0 Å². The summed E-state index contributed by atoms with van der Waals surface area (Å²) in [6.07, 6.45) is 2.60. The maximum atomic E-state index is 13.5. The minimum Gasteiger partial charge on any atom is -0.484 e. The number of rotatable bonds is 6. The molecule has 3 aliphatic heterocycles. The van der Waals surface area contributed by atoms with Crippen LogP contribution in [-0.4, -0.2) is 92.0 Å². The van der Waals surface area contributed by atoms with E-state index in [0.29, 0.717) is 31.7 Å². The van der Waals surface area contributed by atoms with Crippen LogP contribution in [0.4, 0.5) is 0 Å². The number of likely N-dealkylation sites (tertiary alicyclic amines) is 1. The van der Waals surface area contributed by atoms with Gasteiger partial charge in [-0.1, -0.05) is 26.0 Å². The Morgan fingerprint density at radius 2 is 1.78 bits per heavy atom. The van der Waals surface area contributed by atoms with Crippen LogP contribution in [0.3, 0.4) is 0 Å². The van der Waals surface area contributed by atoms with Crippen LogP contribution in [0.25, 0.3) is 0 Å². The fourth-order valence-corrected chi connectivity index (χ4v) is 4.50. The molecule has 1 aromatic carbocycles. The molecule has 198 valence electrons. The first-order chi connectivity index (χ1) is 17.3. The fourth-order valence-electron chi connectivity index (χ4n) is 4.50. The highest BCUT2D eigenvalue weighted by molar-refractivity contribution is 5.93. The van der Waals surface area contributed by atoms with Crippen molar-refractivity contribution in [2.75, 3.05) is 46.5 Å². The van der Waals surface area contributed by atoms with Gasteiger partial charge in [0.25, 0.3) is 5.91 Å². The van der Waals surface area contributed by atoms with Gasteiger partial charge in [-0.05, 0) is 42.9 Å². The molecule has 4 amide bonds. The number of hydrogen-bond acceptors (Lipinski definition) is 6. The van der Waals surface area contributed by atoms with Crippen LogP contribution in [-0.2, 0) is 30.3 Å². The van der Waals surface area contributed by atoms with Gasteiger partial charge in [-0.3, -0.25) is 19.2 Å². The second-order valence-corrected chi connectivity index (χ2v) is 9.79. The van der Waals surface area contributed by atoms with E-state index in [0.717, 1.165) is 18.4 Å². The summed E-state index contributed by atoms with van der Waals surface area (Å²) in [6.45, 7) is 5.18. The number of nitrogens with zero attached hydrogens (tertiary/aromatic N) is 2. The smallest absolute Gasteiger partial charge is 0.258 e.